The lowest BCUT2D eigenvalue weighted by molar-refractivity contribution is -0.166. The van der Waals surface area contributed by atoms with Crippen molar-refractivity contribution in [2.45, 2.75) is 232 Å². The van der Waals surface area contributed by atoms with Crippen LogP contribution in [0, 0.1) is 0 Å². The summed E-state index contributed by atoms with van der Waals surface area (Å²) >= 11 is 0. The highest BCUT2D eigenvalue weighted by Crippen LogP contribution is 2.14. The molecule has 0 bridgehead atoms. The van der Waals surface area contributed by atoms with E-state index in [1.165, 1.54) is 83.5 Å². The number of carbonyl (C=O) groups is 3. The van der Waals surface area contributed by atoms with E-state index in [-0.39, 0.29) is 31.6 Å². The molecule has 0 aliphatic heterocycles. The van der Waals surface area contributed by atoms with Gasteiger partial charge in [0.1, 0.15) is 13.2 Å². The van der Waals surface area contributed by atoms with Crippen LogP contribution in [-0.4, -0.2) is 37.2 Å². The largest absolute Gasteiger partial charge is 0.462 e. The molecule has 0 saturated heterocycles. The number of allylic oxidation sites excluding steroid dienone is 17. The lowest BCUT2D eigenvalue weighted by atomic mass is 10.1. The zero-order valence-corrected chi connectivity index (χ0v) is 42.0. The van der Waals surface area contributed by atoms with Crippen molar-refractivity contribution in [3.8, 4) is 0 Å². The fourth-order valence-corrected chi connectivity index (χ4v) is 6.92. The second kappa shape index (κ2) is 52.7. The number of esters is 3. The van der Waals surface area contributed by atoms with Crippen molar-refractivity contribution in [3.63, 3.8) is 0 Å². The summed E-state index contributed by atoms with van der Waals surface area (Å²) in [6.07, 6.45) is 71.0. The third-order valence-electron chi connectivity index (χ3n) is 10.8. The fraction of sp³-hybridized carbons (Fsp3) is 0.644. The molecule has 0 spiro atoms. The minimum absolute atomic E-state index is 0.0932. The number of rotatable bonds is 46. The Morgan fingerprint density at radius 1 is 0.338 bits per heavy atom. The summed E-state index contributed by atoms with van der Waals surface area (Å²) in [5.74, 6) is -1.06. The van der Waals surface area contributed by atoms with Gasteiger partial charge in [-0.05, 0) is 83.5 Å². The quantitative estimate of drug-likeness (QED) is 0.0262. The van der Waals surface area contributed by atoms with Gasteiger partial charge in [0, 0.05) is 12.8 Å². The van der Waals surface area contributed by atoms with Crippen LogP contribution < -0.4 is 0 Å². The van der Waals surface area contributed by atoms with Crippen LogP contribution in [0.3, 0.4) is 0 Å². The average Bonchev–Trinajstić information content (AvgIpc) is 3.30. The van der Waals surface area contributed by atoms with Gasteiger partial charge in [0.2, 0.25) is 0 Å². The van der Waals surface area contributed by atoms with E-state index in [0.29, 0.717) is 12.8 Å². The minimum Gasteiger partial charge on any atom is -0.462 e. The summed E-state index contributed by atoms with van der Waals surface area (Å²) in [4.78, 5) is 37.9. The molecule has 6 heteroatoms. The molecule has 0 aromatic carbocycles. The van der Waals surface area contributed by atoms with Crippen molar-refractivity contribution < 1.29 is 28.6 Å². The Hall–Kier alpha value is -3.93. The van der Waals surface area contributed by atoms with Crippen molar-refractivity contribution >= 4 is 17.9 Å². The summed E-state index contributed by atoms with van der Waals surface area (Å²) in [5.41, 5.74) is 0. The summed E-state index contributed by atoms with van der Waals surface area (Å²) in [6.45, 7) is 6.30. The van der Waals surface area contributed by atoms with Crippen molar-refractivity contribution in [2.75, 3.05) is 13.2 Å². The first-order valence-electron chi connectivity index (χ1n) is 26.4. The molecule has 0 aromatic heterocycles. The summed E-state index contributed by atoms with van der Waals surface area (Å²) in [6, 6.07) is 0. The normalized spacial score (nSPS) is 13.0. The van der Waals surface area contributed by atoms with Gasteiger partial charge in [0.15, 0.2) is 6.10 Å². The molecule has 65 heavy (non-hydrogen) atoms. The van der Waals surface area contributed by atoms with Gasteiger partial charge in [-0.15, -0.1) is 0 Å². The topological polar surface area (TPSA) is 78.9 Å². The Bertz CT molecular complexity index is 1360. The highest BCUT2D eigenvalue weighted by atomic mass is 16.6. The smallest absolute Gasteiger partial charge is 0.310 e. The predicted octanol–water partition coefficient (Wildman–Crippen LogP) is 17.5. The Kier molecular flexibility index (Phi) is 49.5. The van der Waals surface area contributed by atoms with Gasteiger partial charge >= 0.3 is 17.9 Å². The third-order valence-corrected chi connectivity index (χ3v) is 10.8. The number of carbonyl (C=O) groups excluding carboxylic acids is 3. The van der Waals surface area contributed by atoms with Crippen LogP contribution in [0.4, 0.5) is 0 Å². The Morgan fingerprint density at radius 2 is 0.646 bits per heavy atom. The molecule has 6 nitrogen and oxygen atoms in total. The molecule has 368 valence electrons. The van der Waals surface area contributed by atoms with E-state index in [0.717, 1.165) is 103 Å². The third kappa shape index (κ3) is 50.9. The van der Waals surface area contributed by atoms with Crippen LogP contribution in [0.15, 0.2) is 109 Å². The zero-order valence-electron chi connectivity index (χ0n) is 42.0. The average molecular weight is 901 g/mol. The van der Waals surface area contributed by atoms with Crippen LogP contribution in [0.5, 0.6) is 0 Å². The SMILES string of the molecule is CC/C=C\C/C=C\C/C=C\C/C=C\C/C=C\CC(=O)OC(COC(=O)CCCCCCCCCC/C=C\C/C=C\C/C=C\C/C=C\CC)COC(=O)CCCCCCCCCCCCC. The molecule has 0 aliphatic rings. The molecule has 0 saturated carbocycles. The van der Waals surface area contributed by atoms with E-state index in [2.05, 4.69) is 118 Å². The Balaban J connectivity index is 4.46. The molecule has 0 radical (unpaired) electrons. The molecule has 0 fully saturated rings. The molecular formula is C59H96O6. The predicted molar refractivity (Wildman–Crippen MR) is 279 cm³/mol. The Morgan fingerprint density at radius 3 is 1.02 bits per heavy atom. The first-order chi connectivity index (χ1) is 32.0. The molecule has 1 unspecified atom stereocenters. The van der Waals surface area contributed by atoms with Gasteiger partial charge in [-0.3, -0.25) is 14.4 Å². The van der Waals surface area contributed by atoms with Gasteiger partial charge in [0.05, 0.1) is 6.42 Å². The van der Waals surface area contributed by atoms with E-state index in [4.69, 9.17) is 14.2 Å². The monoisotopic (exact) mass is 901 g/mol. The molecule has 0 aromatic rings. The lowest BCUT2D eigenvalue weighted by Gasteiger charge is -2.18. The van der Waals surface area contributed by atoms with Gasteiger partial charge in [-0.1, -0.05) is 233 Å². The fourth-order valence-electron chi connectivity index (χ4n) is 6.92. The number of hydrogen-bond acceptors (Lipinski definition) is 6. The summed E-state index contributed by atoms with van der Waals surface area (Å²) in [5, 5.41) is 0. The highest BCUT2D eigenvalue weighted by molar-refractivity contribution is 5.72. The molecule has 0 heterocycles. The van der Waals surface area contributed by atoms with Crippen molar-refractivity contribution in [2.24, 2.45) is 0 Å². The molecule has 0 aliphatic carbocycles. The summed E-state index contributed by atoms with van der Waals surface area (Å²) < 4.78 is 16.7. The van der Waals surface area contributed by atoms with Gasteiger partial charge in [0.25, 0.3) is 0 Å². The van der Waals surface area contributed by atoms with E-state index in [1.54, 1.807) is 6.08 Å². The first-order valence-corrected chi connectivity index (χ1v) is 26.4. The molecule has 0 amide bonds. The van der Waals surface area contributed by atoms with Crippen molar-refractivity contribution in [1.29, 1.82) is 0 Å². The standard InChI is InChI=1S/C59H96O6/c1-4-7-10-13-16-19-22-24-26-27-28-29-30-31-33-34-37-40-43-46-49-52-58(61)64-55-56(54-63-57(60)51-48-45-42-39-36-21-18-15-12-9-6-3)65-59(62)53-50-47-44-41-38-35-32-25-23-20-17-14-11-8-5-2/h7-8,10-11,16-17,19-20,24-26,28-29,32,38,41,47,50,56H,4-6,9,12-15,18,21-23,27,30-31,33-37,39-40,42-46,48-49,51-55H2,1-3H3/b10-7-,11-8-,19-16-,20-17-,26-24-,29-28-,32-25-,41-38-,50-47-. The number of unbranched alkanes of at least 4 members (excludes halogenated alkanes) is 18. The van der Waals surface area contributed by atoms with E-state index >= 15 is 0 Å². The van der Waals surface area contributed by atoms with Gasteiger partial charge < -0.3 is 14.2 Å². The molecule has 1 atom stereocenters. The van der Waals surface area contributed by atoms with Crippen molar-refractivity contribution in [1.82, 2.24) is 0 Å². The van der Waals surface area contributed by atoms with Gasteiger partial charge in [-0.25, -0.2) is 0 Å². The summed E-state index contributed by atoms with van der Waals surface area (Å²) in [7, 11) is 0. The van der Waals surface area contributed by atoms with E-state index in [1.807, 2.05) is 6.08 Å². The maximum atomic E-state index is 12.7. The molecular weight excluding hydrogens is 805 g/mol. The maximum Gasteiger partial charge on any atom is 0.310 e. The van der Waals surface area contributed by atoms with Crippen LogP contribution >= 0.6 is 0 Å². The van der Waals surface area contributed by atoms with E-state index < -0.39 is 12.1 Å². The van der Waals surface area contributed by atoms with Gasteiger partial charge in [-0.2, -0.15) is 0 Å². The first kappa shape index (κ1) is 61.1. The van der Waals surface area contributed by atoms with Crippen LogP contribution in [0.25, 0.3) is 0 Å². The van der Waals surface area contributed by atoms with Crippen LogP contribution in [0.2, 0.25) is 0 Å². The second-order valence-corrected chi connectivity index (χ2v) is 17.0. The van der Waals surface area contributed by atoms with Crippen LogP contribution in [-0.2, 0) is 28.6 Å². The van der Waals surface area contributed by atoms with Crippen LogP contribution in [0.1, 0.15) is 226 Å². The van der Waals surface area contributed by atoms with Crippen molar-refractivity contribution in [3.05, 3.63) is 109 Å². The van der Waals surface area contributed by atoms with E-state index in [9.17, 15) is 14.4 Å². The number of hydrogen-bond donors (Lipinski definition) is 0. The second-order valence-electron chi connectivity index (χ2n) is 17.0. The highest BCUT2D eigenvalue weighted by Gasteiger charge is 2.19. The maximum absolute atomic E-state index is 12.7. The lowest BCUT2D eigenvalue weighted by Crippen LogP contribution is -2.30. The number of ether oxygens (including phenoxy) is 3. The molecule has 0 rings (SSSR count). The molecule has 0 N–H and O–H groups in total. The zero-order chi connectivity index (χ0) is 47.2. The minimum atomic E-state index is -0.835. The Labute approximate surface area is 400 Å².